The van der Waals surface area contributed by atoms with Gasteiger partial charge in [-0.15, -0.1) is 0 Å². The highest BCUT2D eigenvalue weighted by atomic mass is 16.5. The molecule has 1 atom stereocenters. The van der Waals surface area contributed by atoms with E-state index in [1.165, 1.54) is 31.4 Å². The molecule has 1 N–H and O–H groups in total. The number of nitrogens with zero attached hydrogens (tertiary/aromatic N) is 1. The first-order chi connectivity index (χ1) is 17.4. The van der Waals surface area contributed by atoms with Crippen molar-refractivity contribution in [2.24, 2.45) is 0 Å². The molecule has 3 aromatic carbocycles. The molecule has 0 bridgehead atoms. The van der Waals surface area contributed by atoms with Gasteiger partial charge < -0.3 is 14.8 Å². The second kappa shape index (κ2) is 10.6. The van der Waals surface area contributed by atoms with Gasteiger partial charge in [-0.25, -0.2) is 9.59 Å². The molecule has 3 aromatic rings. The topological polar surface area (TPSA) is 119 Å². The maximum atomic E-state index is 13.1. The SMILES string of the molecule is COC(=O)c1ccccc1NC(=O)COC(=O)[C@@H](Cc1ccccc1)N1C(=O)c2ccccc2C1=O. The summed E-state index contributed by atoms with van der Waals surface area (Å²) in [5.74, 6) is -3.48. The molecule has 0 spiro atoms. The lowest BCUT2D eigenvalue weighted by Crippen LogP contribution is -2.47. The molecule has 0 radical (unpaired) electrons. The number of carbonyl (C=O) groups is 5. The first kappa shape index (κ1) is 24.3. The average Bonchev–Trinajstić information content (AvgIpc) is 3.16. The number of methoxy groups -OCH3 is 1. The van der Waals surface area contributed by atoms with Gasteiger partial charge in [-0.2, -0.15) is 0 Å². The van der Waals surface area contributed by atoms with E-state index in [2.05, 4.69) is 5.32 Å². The molecule has 0 saturated carbocycles. The van der Waals surface area contributed by atoms with Crippen LogP contribution < -0.4 is 5.32 Å². The van der Waals surface area contributed by atoms with E-state index >= 15 is 0 Å². The molecule has 0 fully saturated rings. The lowest BCUT2D eigenvalue weighted by atomic mass is 10.0. The zero-order valence-electron chi connectivity index (χ0n) is 19.3. The molecule has 0 saturated heterocycles. The quantitative estimate of drug-likeness (QED) is 0.384. The summed E-state index contributed by atoms with van der Waals surface area (Å²) < 4.78 is 9.94. The number of hydrogen-bond acceptors (Lipinski definition) is 7. The number of esters is 2. The Morgan fingerprint density at radius 3 is 2.06 bits per heavy atom. The molecule has 1 aliphatic heterocycles. The maximum Gasteiger partial charge on any atom is 0.339 e. The number of ether oxygens (including phenoxy) is 2. The Morgan fingerprint density at radius 1 is 0.833 bits per heavy atom. The molecule has 9 nitrogen and oxygen atoms in total. The van der Waals surface area contributed by atoms with E-state index in [4.69, 9.17) is 9.47 Å². The van der Waals surface area contributed by atoms with Crippen molar-refractivity contribution in [1.29, 1.82) is 0 Å². The van der Waals surface area contributed by atoms with Gasteiger partial charge in [0, 0.05) is 6.42 Å². The first-order valence-corrected chi connectivity index (χ1v) is 11.1. The van der Waals surface area contributed by atoms with Gasteiger partial charge in [0.25, 0.3) is 17.7 Å². The summed E-state index contributed by atoms with van der Waals surface area (Å²) in [6.45, 7) is -0.692. The van der Waals surface area contributed by atoms with E-state index in [0.717, 1.165) is 4.90 Å². The minimum Gasteiger partial charge on any atom is -0.465 e. The van der Waals surface area contributed by atoms with E-state index in [1.54, 1.807) is 54.6 Å². The Kier molecular flexibility index (Phi) is 7.20. The van der Waals surface area contributed by atoms with E-state index < -0.39 is 42.3 Å². The third kappa shape index (κ3) is 5.00. The van der Waals surface area contributed by atoms with Gasteiger partial charge in [0.2, 0.25) is 0 Å². The Hall–Kier alpha value is -4.79. The maximum absolute atomic E-state index is 13.1. The first-order valence-electron chi connectivity index (χ1n) is 11.1. The van der Waals surface area contributed by atoms with Crippen molar-refractivity contribution < 1.29 is 33.4 Å². The molecule has 36 heavy (non-hydrogen) atoms. The highest BCUT2D eigenvalue weighted by Gasteiger charge is 2.43. The van der Waals surface area contributed by atoms with Crippen molar-refractivity contribution in [3.8, 4) is 0 Å². The zero-order chi connectivity index (χ0) is 25.7. The lowest BCUT2D eigenvalue weighted by molar-refractivity contribution is -0.151. The second-order valence-electron chi connectivity index (χ2n) is 7.92. The number of fused-ring (bicyclic) bond motifs is 1. The molecule has 4 rings (SSSR count). The molecule has 182 valence electrons. The summed E-state index contributed by atoms with van der Waals surface area (Å²) >= 11 is 0. The van der Waals surface area contributed by atoms with E-state index in [-0.39, 0.29) is 28.8 Å². The van der Waals surface area contributed by atoms with Gasteiger partial charge >= 0.3 is 11.9 Å². The number of rotatable bonds is 8. The van der Waals surface area contributed by atoms with Gasteiger partial charge in [-0.1, -0.05) is 54.6 Å². The largest absolute Gasteiger partial charge is 0.465 e. The molecule has 0 aliphatic carbocycles. The van der Waals surface area contributed by atoms with Crippen LogP contribution in [-0.4, -0.2) is 54.3 Å². The number of amides is 3. The van der Waals surface area contributed by atoms with Gasteiger partial charge in [0.1, 0.15) is 6.04 Å². The van der Waals surface area contributed by atoms with Crippen LogP contribution in [0.1, 0.15) is 36.6 Å². The van der Waals surface area contributed by atoms with Gasteiger partial charge in [-0.3, -0.25) is 19.3 Å². The monoisotopic (exact) mass is 486 g/mol. The average molecular weight is 486 g/mol. The highest BCUT2D eigenvalue weighted by Crippen LogP contribution is 2.26. The predicted molar refractivity (Wildman–Crippen MR) is 128 cm³/mol. The fourth-order valence-corrected chi connectivity index (χ4v) is 3.91. The van der Waals surface area contributed by atoms with Crippen LogP contribution in [0.15, 0.2) is 78.9 Å². The highest BCUT2D eigenvalue weighted by molar-refractivity contribution is 6.22. The second-order valence-corrected chi connectivity index (χ2v) is 7.92. The third-order valence-corrected chi connectivity index (χ3v) is 5.63. The summed E-state index contributed by atoms with van der Waals surface area (Å²) in [6.07, 6.45) is 0.0118. The number of benzene rings is 3. The van der Waals surface area contributed by atoms with Gasteiger partial charge in [-0.05, 0) is 29.8 Å². The molecule has 3 amide bonds. The molecular formula is C27H22N2O7. The van der Waals surface area contributed by atoms with Crippen molar-refractivity contribution in [3.63, 3.8) is 0 Å². The van der Waals surface area contributed by atoms with Crippen molar-refractivity contribution in [1.82, 2.24) is 4.90 Å². The fourth-order valence-electron chi connectivity index (χ4n) is 3.91. The normalized spacial score (nSPS) is 13.1. The van der Waals surface area contributed by atoms with Crippen molar-refractivity contribution in [2.45, 2.75) is 12.5 Å². The van der Waals surface area contributed by atoms with Gasteiger partial charge in [0.15, 0.2) is 6.61 Å². The van der Waals surface area contributed by atoms with E-state index in [9.17, 15) is 24.0 Å². The Bertz CT molecular complexity index is 1300. The lowest BCUT2D eigenvalue weighted by Gasteiger charge is -2.24. The number of imide groups is 1. The summed E-state index contributed by atoms with van der Waals surface area (Å²) in [5.41, 5.74) is 1.42. The third-order valence-electron chi connectivity index (χ3n) is 5.63. The summed E-state index contributed by atoms with van der Waals surface area (Å²) in [5, 5.41) is 2.51. The Balaban J connectivity index is 1.51. The smallest absolute Gasteiger partial charge is 0.339 e. The minimum atomic E-state index is -1.28. The molecule has 1 heterocycles. The van der Waals surface area contributed by atoms with Crippen molar-refractivity contribution >= 4 is 35.3 Å². The van der Waals surface area contributed by atoms with Crippen LogP contribution in [0.5, 0.6) is 0 Å². The van der Waals surface area contributed by atoms with Crippen LogP contribution in [0.25, 0.3) is 0 Å². The van der Waals surface area contributed by atoms with Gasteiger partial charge in [0.05, 0.1) is 29.5 Å². The molecule has 0 unspecified atom stereocenters. The van der Waals surface area contributed by atoms with Crippen LogP contribution in [-0.2, 0) is 25.5 Å². The van der Waals surface area contributed by atoms with E-state index in [0.29, 0.717) is 5.56 Å². The Morgan fingerprint density at radius 2 is 1.42 bits per heavy atom. The van der Waals surface area contributed by atoms with Crippen molar-refractivity contribution in [2.75, 3.05) is 19.0 Å². The number of carbonyl (C=O) groups excluding carboxylic acids is 5. The number of anilines is 1. The summed E-state index contributed by atoms with van der Waals surface area (Å²) in [4.78, 5) is 64.5. The molecule has 0 aromatic heterocycles. The van der Waals surface area contributed by atoms with Crippen LogP contribution in [0.4, 0.5) is 5.69 Å². The van der Waals surface area contributed by atoms with Crippen LogP contribution in [0.2, 0.25) is 0 Å². The number of hydrogen-bond donors (Lipinski definition) is 1. The Labute approximate surface area is 206 Å². The number of para-hydroxylation sites is 1. The minimum absolute atomic E-state index is 0.0118. The van der Waals surface area contributed by atoms with Crippen LogP contribution in [0.3, 0.4) is 0 Å². The fraction of sp³-hybridized carbons (Fsp3) is 0.148. The zero-order valence-corrected chi connectivity index (χ0v) is 19.3. The van der Waals surface area contributed by atoms with E-state index in [1.807, 2.05) is 0 Å². The predicted octanol–water partition coefficient (Wildman–Crippen LogP) is 2.86. The molecule has 9 heteroatoms. The summed E-state index contributed by atoms with van der Waals surface area (Å²) in [6, 6.07) is 20.1. The summed E-state index contributed by atoms with van der Waals surface area (Å²) in [7, 11) is 1.22. The molecular weight excluding hydrogens is 464 g/mol. The van der Waals surface area contributed by atoms with Crippen molar-refractivity contribution in [3.05, 3.63) is 101 Å². The number of nitrogens with one attached hydrogen (secondary N) is 1. The standard InChI is InChI=1S/C27H22N2O7/c1-35-26(33)20-13-7-8-14-21(20)28-23(30)16-36-27(34)22(15-17-9-3-2-4-10-17)29-24(31)18-11-5-6-12-19(18)25(29)32/h2-14,22H,15-16H2,1H3,(H,28,30)/t22-/m1/s1. The van der Waals surface area contributed by atoms with Crippen LogP contribution in [0, 0.1) is 0 Å². The van der Waals surface area contributed by atoms with Crippen LogP contribution >= 0.6 is 0 Å². The molecule has 1 aliphatic rings.